The molecule has 1 aliphatic heterocycles. The number of nitrogens with zero attached hydrogens (tertiary/aromatic N) is 1. The summed E-state index contributed by atoms with van der Waals surface area (Å²) in [4.78, 5) is 14.3. The molecular weight excluding hydrogens is 262 g/mol. The summed E-state index contributed by atoms with van der Waals surface area (Å²) in [7, 11) is 0. The van der Waals surface area contributed by atoms with Crippen LogP contribution in [-0.4, -0.2) is 23.5 Å². The second-order valence-electron chi connectivity index (χ2n) is 5.21. The van der Waals surface area contributed by atoms with Crippen LogP contribution in [0.1, 0.15) is 24.1 Å². The van der Waals surface area contributed by atoms with Crippen LogP contribution in [0.3, 0.4) is 0 Å². The first-order valence-corrected chi connectivity index (χ1v) is 7.32. The number of hydrogen-bond acceptors (Lipinski definition) is 3. The van der Waals surface area contributed by atoms with E-state index in [9.17, 15) is 4.79 Å². The fourth-order valence-corrected chi connectivity index (χ4v) is 2.78. The summed E-state index contributed by atoms with van der Waals surface area (Å²) in [6, 6.07) is 20.3. The van der Waals surface area contributed by atoms with Crippen LogP contribution >= 0.6 is 0 Å². The van der Waals surface area contributed by atoms with Gasteiger partial charge in [0.2, 0.25) is 0 Å². The van der Waals surface area contributed by atoms with E-state index in [-0.39, 0.29) is 18.1 Å². The highest BCUT2D eigenvalue weighted by atomic mass is 16.5. The van der Waals surface area contributed by atoms with Crippen LogP contribution in [0.5, 0.6) is 0 Å². The van der Waals surface area contributed by atoms with E-state index in [1.807, 2.05) is 43.3 Å². The van der Waals surface area contributed by atoms with Gasteiger partial charge in [0.1, 0.15) is 6.04 Å². The smallest absolute Gasteiger partial charge is 0.325 e. The molecule has 1 heterocycles. The van der Waals surface area contributed by atoms with Gasteiger partial charge >= 0.3 is 5.97 Å². The number of hydrogen-bond donors (Lipinski definition) is 0. The normalized spacial score (nSPS) is 23.6. The Morgan fingerprint density at radius 1 is 1.05 bits per heavy atom. The molecule has 2 aromatic carbocycles. The van der Waals surface area contributed by atoms with Gasteiger partial charge in [-0.05, 0) is 18.1 Å². The molecule has 0 aromatic heterocycles. The molecule has 108 valence electrons. The van der Waals surface area contributed by atoms with E-state index in [2.05, 4.69) is 29.2 Å². The van der Waals surface area contributed by atoms with Gasteiger partial charge in [-0.25, -0.2) is 0 Å². The zero-order valence-electron chi connectivity index (χ0n) is 12.1. The average Bonchev–Trinajstić information content (AvgIpc) is 3.23. The Balaban J connectivity index is 1.78. The molecule has 3 nitrogen and oxygen atoms in total. The molecule has 0 saturated carbocycles. The first kappa shape index (κ1) is 13.8. The molecule has 0 spiro atoms. The molecule has 1 fully saturated rings. The van der Waals surface area contributed by atoms with Gasteiger partial charge in [-0.3, -0.25) is 9.69 Å². The van der Waals surface area contributed by atoms with Crippen LogP contribution in [0.15, 0.2) is 60.7 Å². The van der Waals surface area contributed by atoms with Crippen molar-refractivity contribution in [1.82, 2.24) is 4.90 Å². The molecule has 0 aliphatic carbocycles. The summed E-state index contributed by atoms with van der Waals surface area (Å²) in [5, 5.41) is 0. The number of esters is 1. The molecule has 0 radical (unpaired) electrons. The van der Waals surface area contributed by atoms with Gasteiger partial charge in [0.25, 0.3) is 0 Å². The van der Waals surface area contributed by atoms with Crippen molar-refractivity contribution in [3.8, 4) is 0 Å². The van der Waals surface area contributed by atoms with Crippen molar-refractivity contribution in [3.05, 3.63) is 71.8 Å². The summed E-state index contributed by atoms with van der Waals surface area (Å²) in [6.07, 6.45) is 0. The van der Waals surface area contributed by atoms with Crippen LogP contribution in [0.25, 0.3) is 0 Å². The van der Waals surface area contributed by atoms with E-state index >= 15 is 0 Å². The molecule has 1 saturated heterocycles. The van der Waals surface area contributed by atoms with Gasteiger partial charge in [0.15, 0.2) is 0 Å². The molecule has 0 N–H and O–H groups in total. The monoisotopic (exact) mass is 281 g/mol. The zero-order chi connectivity index (χ0) is 14.7. The Morgan fingerprint density at radius 3 is 2.29 bits per heavy atom. The number of carbonyl (C=O) groups excluding carboxylic acids is 1. The van der Waals surface area contributed by atoms with Gasteiger partial charge in [0.05, 0.1) is 12.6 Å². The fraction of sp³-hybridized carbons (Fsp3) is 0.278. The first-order valence-electron chi connectivity index (χ1n) is 7.32. The Labute approximate surface area is 125 Å². The average molecular weight is 281 g/mol. The molecule has 0 amide bonds. The highest BCUT2D eigenvalue weighted by Gasteiger charge is 2.53. The van der Waals surface area contributed by atoms with E-state index in [1.165, 1.54) is 11.1 Å². The van der Waals surface area contributed by atoms with Crippen LogP contribution < -0.4 is 0 Å². The minimum absolute atomic E-state index is 0.123. The summed E-state index contributed by atoms with van der Waals surface area (Å²) in [5.74, 6) is -0.123. The summed E-state index contributed by atoms with van der Waals surface area (Å²) in [6.45, 7) is 3.04. The predicted octanol–water partition coefficient (Wildman–Crippen LogP) is 3.18. The lowest BCUT2D eigenvalue weighted by atomic mass is 10.1. The van der Waals surface area contributed by atoms with Crippen molar-refractivity contribution in [2.75, 3.05) is 6.61 Å². The van der Waals surface area contributed by atoms with Crippen LogP contribution in [0.2, 0.25) is 0 Å². The van der Waals surface area contributed by atoms with Crippen LogP contribution in [0, 0.1) is 0 Å². The highest BCUT2D eigenvalue weighted by molar-refractivity contribution is 5.80. The molecule has 3 atom stereocenters. The van der Waals surface area contributed by atoms with Crippen molar-refractivity contribution in [2.24, 2.45) is 0 Å². The standard InChI is InChI=1S/C18H19NO2/c1-2-21-18(20)17-16(15-11-7-4-8-12-15)19(17)13-14-9-5-3-6-10-14/h3-12,16-17H,2,13H2,1H3/t16-,17-,19?/m1/s1. The molecule has 3 rings (SSSR count). The molecule has 1 unspecified atom stereocenters. The van der Waals surface area contributed by atoms with Crippen molar-refractivity contribution < 1.29 is 9.53 Å². The van der Waals surface area contributed by atoms with E-state index in [0.29, 0.717) is 6.61 Å². The molecule has 2 aromatic rings. The lowest BCUT2D eigenvalue weighted by Crippen LogP contribution is -2.16. The quantitative estimate of drug-likeness (QED) is 0.622. The lowest BCUT2D eigenvalue weighted by molar-refractivity contribution is -0.143. The molecule has 3 heteroatoms. The number of ether oxygens (including phenoxy) is 1. The third kappa shape index (κ3) is 2.98. The highest BCUT2D eigenvalue weighted by Crippen LogP contribution is 2.44. The largest absolute Gasteiger partial charge is 0.465 e. The summed E-state index contributed by atoms with van der Waals surface area (Å²) in [5.41, 5.74) is 2.39. The van der Waals surface area contributed by atoms with Crippen molar-refractivity contribution in [1.29, 1.82) is 0 Å². The third-order valence-corrected chi connectivity index (χ3v) is 3.80. The van der Waals surface area contributed by atoms with E-state index < -0.39 is 0 Å². The summed E-state index contributed by atoms with van der Waals surface area (Å²) >= 11 is 0. The lowest BCUT2D eigenvalue weighted by Gasteiger charge is -2.04. The first-order chi connectivity index (χ1) is 10.3. The van der Waals surface area contributed by atoms with Crippen molar-refractivity contribution >= 4 is 5.97 Å². The SMILES string of the molecule is CCOC(=O)[C@H]1[C@@H](c2ccccc2)N1Cc1ccccc1. The Kier molecular flexibility index (Phi) is 4.02. The zero-order valence-corrected chi connectivity index (χ0v) is 12.1. The Morgan fingerprint density at radius 2 is 1.67 bits per heavy atom. The number of carbonyl (C=O) groups is 1. The number of benzene rings is 2. The third-order valence-electron chi connectivity index (χ3n) is 3.80. The minimum atomic E-state index is -0.160. The van der Waals surface area contributed by atoms with Gasteiger partial charge in [-0.1, -0.05) is 60.7 Å². The minimum Gasteiger partial charge on any atom is -0.465 e. The van der Waals surface area contributed by atoms with Crippen LogP contribution in [0.4, 0.5) is 0 Å². The van der Waals surface area contributed by atoms with Crippen molar-refractivity contribution in [3.63, 3.8) is 0 Å². The topological polar surface area (TPSA) is 29.3 Å². The predicted molar refractivity (Wildman–Crippen MR) is 81.6 cm³/mol. The van der Waals surface area contributed by atoms with Gasteiger partial charge in [-0.15, -0.1) is 0 Å². The maximum Gasteiger partial charge on any atom is 0.325 e. The van der Waals surface area contributed by atoms with Crippen molar-refractivity contribution in [2.45, 2.75) is 25.6 Å². The Hall–Kier alpha value is -2.13. The molecule has 0 bridgehead atoms. The van der Waals surface area contributed by atoms with E-state index in [0.717, 1.165) is 6.54 Å². The second kappa shape index (κ2) is 6.10. The van der Waals surface area contributed by atoms with E-state index in [1.54, 1.807) is 0 Å². The van der Waals surface area contributed by atoms with Gasteiger partial charge in [-0.2, -0.15) is 0 Å². The molecule has 21 heavy (non-hydrogen) atoms. The fourth-order valence-electron chi connectivity index (χ4n) is 2.78. The van der Waals surface area contributed by atoms with Gasteiger partial charge in [0, 0.05) is 6.54 Å². The Bertz CT molecular complexity index is 597. The molecular formula is C18H19NO2. The maximum absolute atomic E-state index is 12.1. The van der Waals surface area contributed by atoms with Gasteiger partial charge < -0.3 is 4.74 Å². The van der Waals surface area contributed by atoms with Crippen LogP contribution in [-0.2, 0) is 16.1 Å². The van der Waals surface area contributed by atoms with E-state index in [4.69, 9.17) is 4.74 Å². The molecule has 1 aliphatic rings. The second-order valence-corrected chi connectivity index (χ2v) is 5.21. The maximum atomic E-state index is 12.1. The summed E-state index contributed by atoms with van der Waals surface area (Å²) < 4.78 is 5.20. The number of rotatable bonds is 5.